The van der Waals surface area contributed by atoms with Crippen molar-refractivity contribution < 1.29 is 4.79 Å². The number of hydrogen-bond acceptors (Lipinski definition) is 3. The number of carbonyl (C=O) groups excluding carboxylic acids is 1. The molecule has 3 nitrogen and oxygen atoms in total. The lowest BCUT2D eigenvalue weighted by molar-refractivity contribution is -0.102. The van der Waals surface area contributed by atoms with Gasteiger partial charge in [0.2, 0.25) is 0 Å². The molecule has 0 aromatic carbocycles. The lowest BCUT2D eigenvalue weighted by atomic mass is 9.87. The Morgan fingerprint density at radius 2 is 2.58 bits per heavy atom. The van der Waals surface area contributed by atoms with Gasteiger partial charge in [-0.25, -0.2) is 0 Å². The molecule has 2 rings (SSSR count). The molecular formula is C8H9BrN2O. The summed E-state index contributed by atoms with van der Waals surface area (Å²) >= 11 is 3.44. The first-order valence-electron chi connectivity index (χ1n) is 3.94. The highest BCUT2D eigenvalue weighted by molar-refractivity contribution is 9.11. The quantitative estimate of drug-likeness (QED) is 0.686. The van der Waals surface area contributed by atoms with E-state index in [2.05, 4.69) is 32.5 Å². The Bertz CT molecular complexity index is 272. The average molecular weight is 229 g/mol. The van der Waals surface area contributed by atoms with E-state index in [4.69, 9.17) is 0 Å². The summed E-state index contributed by atoms with van der Waals surface area (Å²) in [6.45, 7) is 0. The van der Waals surface area contributed by atoms with Crippen LogP contribution in [0.4, 0.5) is 0 Å². The number of rotatable bonds is 1. The number of hydrogen-bond donors (Lipinski definition) is 1. The first kappa shape index (κ1) is 7.98. The lowest BCUT2D eigenvalue weighted by Gasteiger charge is -2.22. The minimum absolute atomic E-state index is 0.280. The summed E-state index contributed by atoms with van der Waals surface area (Å²) < 4.78 is 1.18. The Hall–Kier alpha value is -0.640. The van der Waals surface area contributed by atoms with Crippen molar-refractivity contribution in [1.29, 1.82) is 0 Å². The Morgan fingerprint density at radius 3 is 3.33 bits per heavy atom. The van der Waals surface area contributed by atoms with E-state index in [9.17, 15) is 4.79 Å². The van der Waals surface area contributed by atoms with Crippen LogP contribution >= 0.6 is 15.9 Å². The zero-order chi connectivity index (χ0) is 8.55. The highest BCUT2D eigenvalue weighted by Crippen LogP contribution is 2.31. The van der Waals surface area contributed by atoms with Crippen LogP contribution in [-0.2, 0) is 4.79 Å². The maximum Gasteiger partial charge on any atom is 0.166 e. The van der Waals surface area contributed by atoms with Gasteiger partial charge >= 0.3 is 0 Å². The Morgan fingerprint density at radius 1 is 1.75 bits per heavy atom. The molecule has 2 aliphatic rings. The molecule has 1 aliphatic heterocycles. The van der Waals surface area contributed by atoms with Gasteiger partial charge in [-0.3, -0.25) is 4.79 Å². The van der Waals surface area contributed by atoms with Crippen molar-refractivity contribution >= 4 is 27.9 Å². The summed E-state index contributed by atoms with van der Waals surface area (Å²) in [6.07, 6.45) is 4.84. The molecule has 0 bridgehead atoms. The second-order valence-electron chi connectivity index (χ2n) is 3.09. The highest BCUT2D eigenvalue weighted by atomic mass is 79.9. The van der Waals surface area contributed by atoms with Gasteiger partial charge in [0, 0.05) is 5.92 Å². The fraction of sp³-hybridized carbons (Fsp3) is 0.500. The molecule has 2 unspecified atom stereocenters. The van der Waals surface area contributed by atoms with E-state index in [-0.39, 0.29) is 5.92 Å². The predicted octanol–water partition coefficient (Wildman–Crippen LogP) is 1.20. The smallest absolute Gasteiger partial charge is 0.166 e. The second-order valence-corrected chi connectivity index (χ2v) is 4.11. The largest absolute Gasteiger partial charge is 0.306 e. The van der Waals surface area contributed by atoms with Crippen molar-refractivity contribution in [1.82, 2.24) is 5.43 Å². The van der Waals surface area contributed by atoms with Crippen LogP contribution in [0.15, 0.2) is 15.7 Å². The van der Waals surface area contributed by atoms with Crippen molar-refractivity contribution in [3.8, 4) is 0 Å². The number of nitrogens with zero attached hydrogens (tertiary/aromatic N) is 1. The first-order chi connectivity index (χ1) is 5.81. The maximum absolute atomic E-state index is 10.6. The third-order valence-electron chi connectivity index (χ3n) is 2.35. The third-order valence-corrected chi connectivity index (χ3v) is 3.00. The van der Waals surface area contributed by atoms with Crippen LogP contribution in [0.2, 0.25) is 0 Å². The van der Waals surface area contributed by atoms with E-state index in [1.165, 1.54) is 4.48 Å². The van der Waals surface area contributed by atoms with E-state index < -0.39 is 0 Å². The van der Waals surface area contributed by atoms with Gasteiger partial charge in [-0.2, -0.15) is 5.10 Å². The Kier molecular flexibility index (Phi) is 2.00. The van der Waals surface area contributed by atoms with E-state index in [0.29, 0.717) is 11.8 Å². The minimum atomic E-state index is 0.280. The van der Waals surface area contributed by atoms with Crippen molar-refractivity contribution in [3.05, 3.63) is 10.6 Å². The van der Waals surface area contributed by atoms with E-state index in [1.807, 2.05) is 0 Å². The van der Waals surface area contributed by atoms with Crippen molar-refractivity contribution in [2.24, 2.45) is 11.0 Å². The van der Waals surface area contributed by atoms with Crippen molar-refractivity contribution in [3.63, 3.8) is 0 Å². The normalized spacial score (nSPS) is 33.1. The van der Waals surface area contributed by atoms with Crippen LogP contribution in [0.5, 0.6) is 0 Å². The summed E-state index contributed by atoms with van der Waals surface area (Å²) in [6, 6.07) is 0.339. The van der Waals surface area contributed by atoms with E-state index >= 15 is 0 Å². The molecule has 0 radical (unpaired) electrons. The number of nitrogens with one attached hydrogen (secondary N) is 1. The molecule has 4 heteroatoms. The molecule has 1 aliphatic carbocycles. The van der Waals surface area contributed by atoms with Gasteiger partial charge in [0.25, 0.3) is 0 Å². The van der Waals surface area contributed by atoms with Gasteiger partial charge in [0.1, 0.15) is 5.71 Å². The van der Waals surface area contributed by atoms with Gasteiger partial charge in [-0.15, -0.1) is 0 Å². The maximum atomic E-state index is 10.6. The van der Waals surface area contributed by atoms with Gasteiger partial charge in [-0.1, -0.05) is 22.0 Å². The van der Waals surface area contributed by atoms with Crippen LogP contribution in [0.25, 0.3) is 0 Å². The molecule has 0 aromatic rings. The lowest BCUT2D eigenvalue weighted by Crippen LogP contribution is -2.31. The summed E-state index contributed by atoms with van der Waals surface area (Å²) in [5, 5.41) is 3.98. The number of halogens is 1. The standard InChI is InChI=1S/C8H9BrN2O/c9-5-1-2-7-6(3-5)8(4-12)11-10-7/h1,4,6-7,10H,2-3H2. The molecule has 1 heterocycles. The van der Waals surface area contributed by atoms with Gasteiger partial charge in [0.05, 0.1) is 6.04 Å². The predicted molar refractivity (Wildman–Crippen MR) is 50.2 cm³/mol. The minimum Gasteiger partial charge on any atom is -0.306 e. The SMILES string of the molecule is O=CC1=NNC2CC=C(Br)CC12. The van der Waals surface area contributed by atoms with Crippen molar-refractivity contribution in [2.45, 2.75) is 18.9 Å². The summed E-state index contributed by atoms with van der Waals surface area (Å²) in [7, 11) is 0. The van der Waals surface area contributed by atoms with Gasteiger partial charge in [-0.05, 0) is 17.3 Å². The summed E-state index contributed by atoms with van der Waals surface area (Å²) in [5.74, 6) is 0.280. The third kappa shape index (κ3) is 1.20. The van der Waals surface area contributed by atoms with E-state index in [1.54, 1.807) is 0 Å². The van der Waals surface area contributed by atoms with Crippen LogP contribution < -0.4 is 5.43 Å². The van der Waals surface area contributed by atoms with E-state index in [0.717, 1.165) is 19.1 Å². The molecule has 1 N–H and O–H groups in total. The second kappa shape index (κ2) is 3.01. The number of hydrazone groups is 1. The molecule has 0 amide bonds. The highest BCUT2D eigenvalue weighted by Gasteiger charge is 2.33. The molecule has 12 heavy (non-hydrogen) atoms. The fourth-order valence-corrected chi connectivity index (χ4v) is 2.20. The van der Waals surface area contributed by atoms with Crippen LogP contribution in [-0.4, -0.2) is 18.0 Å². The van der Waals surface area contributed by atoms with Gasteiger partial charge < -0.3 is 5.43 Å². The topological polar surface area (TPSA) is 41.5 Å². The molecule has 0 saturated carbocycles. The molecule has 2 atom stereocenters. The molecule has 0 spiro atoms. The Labute approximate surface area is 79.0 Å². The summed E-state index contributed by atoms with van der Waals surface area (Å²) in [5.41, 5.74) is 3.63. The molecule has 0 fully saturated rings. The Balaban J connectivity index is 2.19. The monoisotopic (exact) mass is 228 g/mol. The molecule has 0 aromatic heterocycles. The van der Waals surface area contributed by atoms with Gasteiger partial charge in [0.15, 0.2) is 6.29 Å². The molecule has 64 valence electrons. The van der Waals surface area contributed by atoms with Crippen molar-refractivity contribution in [2.75, 3.05) is 0 Å². The zero-order valence-corrected chi connectivity index (χ0v) is 8.04. The van der Waals surface area contributed by atoms with Crippen LogP contribution in [0, 0.1) is 5.92 Å². The zero-order valence-electron chi connectivity index (χ0n) is 6.46. The number of fused-ring (bicyclic) bond motifs is 1. The average Bonchev–Trinajstić information content (AvgIpc) is 2.46. The van der Waals surface area contributed by atoms with Crippen LogP contribution in [0.3, 0.4) is 0 Å². The summed E-state index contributed by atoms with van der Waals surface area (Å²) in [4.78, 5) is 10.6. The van der Waals surface area contributed by atoms with Crippen LogP contribution in [0.1, 0.15) is 12.8 Å². The first-order valence-corrected chi connectivity index (χ1v) is 4.73. The number of allylic oxidation sites excluding steroid dienone is 1. The number of carbonyl (C=O) groups is 1. The number of aldehydes is 1. The molecular weight excluding hydrogens is 220 g/mol. The molecule has 0 saturated heterocycles. The fourth-order valence-electron chi connectivity index (χ4n) is 1.66.